The normalized spacial score (nSPS) is 15.3. The van der Waals surface area contributed by atoms with Gasteiger partial charge >= 0.3 is 0 Å². The minimum Gasteiger partial charge on any atom is -0.493 e. The second-order valence-electron chi connectivity index (χ2n) is 7.08. The lowest BCUT2D eigenvalue weighted by Crippen LogP contribution is -2.31. The van der Waals surface area contributed by atoms with E-state index in [2.05, 4.69) is 5.32 Å². The molecule has 3 aromatic rings. The molecule has 0 saturated heterocycles. The number of hydrogen-bond acceptors (Lipinski definition) is 5. The van der Waals surface area contributed by atoms with Crippen LogP contribution in [-0.2, 0) is 13.0 Å². The molecule has 0 radical (unpaired) electrons. The molecule has 1 aliphatic heterocycles. The predicted molar refractivity (Wildman–Crippen MR) is 115 cm³/mol. The van der Waals surface area contributed by atoms with Gasteiger partial charge < -0.3 is 14.8 Å². The van der Waals surface area contributed by atoms with E-state index in [4.69, 9.17) is 21.1 Å². The number of rotatable bonds is 6. The van der Waals surface area contributed by atoms with Crippen molar-refractivity contribution >= 4 is 17.3 Å². The standard InChI is InChI=1S/C23H21ClN2O4/c1-29-21-11-16-9-10-25-23(19-12-17(26(27)28)7-8-20(19)24)18(16)13-22(21)30-14-15-5-3-2-4-6-15/h2-8,11-13,23,25H,9-10,14H2,1H3. The maximum absolute atomic E-state index is 11.3. The number of ether oxygens (including phenoxy) is 2. The molecule has 1 aliphatic rings. The van der Waals surface area contributed by atoms with E-state index in [-0.39, 0.29) is 11.7 Å². The van der Waals surface area contributed by atoms with Crippen molar-refractivity contribution in [2.45, 2.75) is 19.1 Å². The van der Waals surface area contributed by atoms with Gasteiger partial charge in [0.1, 0.15) is 6.61 Å². The zero-order valence-corrected chi connectivity index (χ0v) is 17.2. The van der Waals surface area contributed by atoms with E-state index < -0.39 is 4.92 Å². The van der Waals surface area contributed by atoms with E-state index in [1.54, 1.807) is 13.2 Å². The molecule has 30 heavy (non-hydrogen) atoms. The van der Waals surface area contributed by atoms with Gasteiger partial charge in [0.05, 0.1) is 18.1 Å². The Morgan fingerprint density at radius 3 is 2.63 bits per heavy atom. The molecule has 0 aromatic heterocycles. The summed E-state index contributed by atoms with van der Waals surface area (Å²) < 4.78 is 11.6. The molecule has 0 bridgehead atoms. The quantitative estimate of drug-likeness (QED) is 0.441. The van der Waals surface area contributed by atoms with Gasteiger partial charge in [0.2, 0.25) is 0 Å². The highest BCUT2D eigenvalue weighted by Crippen LogP contribution is 2.40. The molecule has 0 fully saturated rings. The van der Waals surface area contributed by atoms with Crippen LogP contribution in [0, 0.1) is 10.1 Å². The number of nitro groups is 1. The molecule has 4 rings (SSSR count). The molecule has 0 saturated carbocycles. The Morgan fingerprint density at radius 2 is 1.90 bits per heavy atom. The highest BCUT2D eigenvalue weighted by Gasteiger charge is 2.27. The third-order valence-electron chi connectivity index (χ3n) is 5.22. The van der Waals surface area contributed by atoms with E-state index in [1.807, 2.05) is 42.5 Å². The van der Waals surface area contributed by atoms with Crippen LogP contribution in [0.15, 0.2) is 60.7 Å². The number of benzene rings is 3. The lowest BCUT2D eigenvalue weighted by molar-refractivity contribution is -0.384. The third kappa shape index (κ3) is 4.10. The Morgan fingerprint density at radius 1 is 1.10 bits per heavy atom. The van der Waals surface area contributed by atoms with Crippen molar-refractivity contribution in [3.63, 3.8) is 0 Å². The summed E-state index contributed by atoms with van der Waals surface area (Å²) in [6.45, 7) is 1.13. The highest BCUT2D eigenvalue weighted by molar-refractivity contribution is 6.31. The molecular weight excluding hydrogens is 404 g/mol. The van der Waals surface area contributed by atoms with Crippen LogP contribution in [0.2, 0.25) is 5.02 Å². The van der Waals surface area contributed by atoms with Gasteiger partial charge in [0.15, 0.2) is 11.5 Å². The van der Waals surface area contributed by atoms with E-state index in [9.17, 15) is 10.1 Å². The van der Waals surface area contributed by atoms with Gasteiger partial charge in [-0.1, -0.05) is 41.9 Å². The van der Waals surface area contributed by atoms with Crippen LogP contribution >= 0.6 is 11.6 Å². The van der Waals surface area contributed by atoms with Crippen molar-refractivity contribution in [1.82, 2.24) is 5.32 Å². The maximum atomic E-state index is 11.3. The monoisotopic (exact) mass is 424 g/mol. The molecule has 1 unspecified atom stereocenters. The van der Waals surface area contributed by atoms with Crippen molar-refractivity contribution in [3.05, 3.63) is 98.1 Å². The van der Waals surface area contributed by atoms with Crippen molar-refractivity contribution in [1.29, 1.82) is 0 Å². The summed E-state index contributed by atoms with van der Waals surface area (Å²) in [6.07, 6.45) is 0.813. The number of halogens is 1. The molecular formula is C23H21ClN2O4. The number of non-ortho nitro benzene ring substituents is 1. The van der Waals surface area contributed by atoms with Crippen LogP contribution in [0.3, 0.4) is 0 Å². The molecule has 1 heterocycles. The van der Waals surface area contributed by atoms with Gasteiger partial charge in [-0.15, -0.1) is 0 Å². The SMILES string of the molecule is COc1cc2c(cc1OCc1ccccc1)C(c1cc([N+](=O)[O-])ccc1Cl)NCC2. The van der Waals surface area contributed by atoms with E-state index in [0.29, 0.717) is 28.7 Å². The topological polar surface area (TPSA) is 73.6 Å². The number of hydrogen-bond donors (Lipinski definition) is 1. The van der Waals surface area contributed by atoms with Crippen molar-refractivity contribution < 1.29 is 14.4 Å². The first-order valence-corrected chi connectivity index (χ1v) is 9.99. The number of fused-ring (bicyclic) bond motifs is 1. The zero-order valence-electron chi connectivity index (χ0n) is 16.4. The largest absolute Gasteiger partial charge is 0.493 e. The molecule has 154 valence electrons. The molecule has 3 aromatic carbocycles. The summed E-state index contributed by atoms with van der Waals surface area (Å²) in [5.74, 6) is 1.28. The van der Waals surface area contributed by atoms with Gasteiger partial charge in [-0.2, -0.15) is 0 Å². The van der Waals surface area contributed by atoms with E-state index in [1.165, 1.54) is 12.1 Å². The first-order valence-electron chi connectivity index (χ1n) is 9.61. The summed E-state index contributed by atoms with van der Waals surface area (Å²) in [5.41, 5.74) is 3.81. The second kappa shape index (κ2) is 8.73. The van der Waals surface area contributed by atoms with Crippen molar-refractivity contribution in [3.8, 4) is 11.5 Å². The van der Waals surface area contributed by atoms with Crippen LogP contribution in [0.25, 0.3) is 0 Å². The maximum Gasteiger partial charge on any atom is 0.269 e. The van der Waals surface area contributed by atoms with Crippen molar-refractivity contribution in [2.24, 2.45) is 0 Å². The van der Waals surface area contributed by atoms with Gasteiger partial charge in [-0.3, -0.25) is 10.1 Å². The predicted octanol–water partition coefficient (Wildman–Crippen LogP) is 5.07. The van der Waals surface area contributed by atoms with Crippen LogP contribution in [0.5, 0.6) is 11.5 Å². The molecule has 1 atom stereocenters. The minimum atomic E-state index is -0.411. The third-order valence-corrected chi connectivity index (χ3v) is 5.56. The minimum absolute atomic E-state index is 0.0115. The van der Waals surface area contributed by atoms with Gasteiger partial charge in [-0.05, 0) is 46.9 Å². The van der Waals surface area contributed by atoms with Crippen LogP contribution in [-0.4, -0.2) is 18.6 Å². The number of nitrogens with zero attached hydrogens (tertiary/aromatic N) is 1. The number of nitro benzene ring substituents is 1. The smallest absolute Gasteiger partial charge is 0.269 e. The lowest BCUT2D eigenvalue weighted by atomic mass is 9.89. The Bertz CT molecular complexity index is 1070. The molecule has 1 N–H and O–H groups in total. The molecule has 6 nitrogen and oxygen atoms in total. The molecule has 0 spiro atoms. The van der Waals surface area contributed by atoms with Gasteiger partial charge in [-0.25, -0.2) is 0 Å². The fraction of sp³-hybridized carbons (Fsp3) is 0.217. The summed E-state index contributed by atoms with van der Waals surface area (Å²) in [6, 6.07) is 18.1. The highest BCUT2D eigenvalue weighted by atomic mass is 35.5. The van der Waals surface area contributed by atoms with Crippen LogP contribution < -0.4 is 14.8 Å². The second-order valence-corrected chi connectivity index (χ2v) is 7.48. The average Bonchev–Trinajstić information content (AvgIpc) is 2.77. The van der Waals surface area contributed by atoms with E-state index >= 15 is 0 Å². The fourth-order valence-electron chi connectivity index (χ4n) is 3.72. The first kappa shape index (κ1) is 20.2. The Balaban J connectivity index is 1.72. The zero-order chi connectivity index (χ0) is 21.1. The fourth-order valence-corrected chi connectivity index (χ4v) is 3.94. The van der Waals surface area contributed by atoms with Crippen LogP contribution in [0.4, 0.5) is 5.69 Å². The Labute approximate surface area is 179 Å². The summed E-state index contributed by atoms with van der Waals surface area (Å²) in [4.78, 5) is 10.8. The van der Waals surface area contributed by atoms with Crippen LogP contribution in [0.1, 0.15) is 28.3 Å². The van der Waals surface area contributed by atoms with E-state index in [0.717, 1.165) is 29.7 Å². The first-order chi connectivity index (χ1) is 14.6. The average molecular weight is 425 g/mol. The summed E-state index contributed by atoms with van der Waals surface area (Å²) in [5, 5.41) is 15.2. The molecule has 0 amide bonds. The van der Waals surface area contributed by atoms with Gasteiger partial charge in [0, 0.05) is 23.7 Å². The number of nitrogens with one attached hydrogen (secondary N) is 1. The molecule has 0 aliphatic carbocycles. The Kier molecular flexibility index (Phi) is 5.88. The summed E-state index contributed by atoms with van der Waals surface area (Å²) in [7, 11) is 1.62. The number of methoxy groups -OCH3 is 1. The van der Waals surface area contributed by atoms with Gasteiger partial charge in [0.25, 0.3) is 5.69 Å². The van der Waals surface area contributed by atoms with Crippen molar-refractivity contribution in [2.75, 3.05) is 13.7 Å². The summed E-state index contributed by atoms with van der Waals surface area (Å²) >= 11 is 6.42. The Hall–Kier alpha value is -3.09. The molecule has 7 heteroatoms. The lowest BCUT2D eigenvalue weighted by Gasteiger charge is -2.29.